The molecule has 1 heterocycles. The minimum atomic E-state index is -0.797. The van der Waals surface area contributed by atoms with Gasteiger partial charge in [-0.25, -0.2) is 0 Å². The van der Waals surface area contributed by atoms with E-state index < -0.39 is 7.12 Å². The summed E-state index contributed by atoms with van der Waals surface area (Å²) < 4.78 is 11.0. The van der Waals surface area contributed by atoms with E-state index >= 15 is 0 Å². The third-order valence-electron chi connectivity index (χ3n) is 4.97. The molecule has 29 heavy (non-hydrogen) atoms. The van der Waals surface area contributed by atoms with Crippen LogP contribution in [-0.2, 0) is 9.39 Å². The van der Waals surface area contributed by atoms with E-state index in [2.05, 4.69) is 24.8 Å². The lowest BCUT2D eigenvalue weighted by Gasteiger charge is -2.28. The van der Waals surface area contributed by atoms with Crippen molar-refractivity contribution in [3.63, 3.8) is 0 Å². The molecule has 1 atom stereocenters. The van der Waals surface area contributed by atoms with Crippen LogP contribution in [0.5, 0.6) is 5.75 Å². The zero-order valence-electron chi connectivity index (χ0n) is 16.8. The van der Waals surface area contributed by atoms with Crippen molar-refractivity contribution in [2.75, 3.05) is 13.7 Å². The normalized spacial score (nSPS) is 17.2. The van der Waals surface area contributed by atoms with Crippen molar-refractivity contribution in [1.82, 2.24) is 0 Å². The number of benzene rings is 2. The summed E-state index contributed by atoms with van der Waals surface area (Å²) in [6, 6.07) is 17.4. The van der Waals surface area contributed by atoms with E-state index in [1.54, 1.807) is 19.2 Å². The molecule has 2 aromatic rings. The van der Waals surface area contributed by atoms with Gasteiger partial charge in [0.05, 0.1) is 12.7 Å². The van der Waals surface area contributed by atoms with Crippen LogP contribution in [0.3, 0.4) is 0 Å². The highest BCUT2D eigenvalue weighted by Gasteiger charge is 2.28. The molecule has 0 saturated heterocycles. The summed E-state index contributed by atoms with van der Waals surface area (Å²) in [5.41, 5.74) is 5.07. The maximum absolute atomic E-state index is 9.99. The molecule has 0 aromatic heterocycles. The van der Waals surface area contributed by atoms with Gasteiger partial charge in [0.25, 0.3) is 0 Å². The minimum Gasteiger partial charge on any atom is -0.508 e. The van der Waals surface area contributed by atoms with Crippen molar-refractivity contribution in [3.05, 3.63) is 89.5 Å². The van der Waals surface area contributed by atoms with Crippen LogP contribution in [0.25, 0.3) is 11.6 Å². The highest BCUT2D eigenvalue weighted by molar-refractivity contribution is 6.43. The lowest BCUT2D eigenvalue weighted by Crippen LogP contribution is -2.32. The molecule has 0 radical (unpaired) electrons. The number of phenols is 1. The lowest BCUT2D eigenvalue weighted by atomic mass is 9.78. The number of methoxy groups -OCH3 is 1. The van der Waals surface area contributed by atoms with Gasteiger partial charge in [0.2, 0.25) is 0 Å². The second kappa shape index (κ2) is 10.3. The Hall–Kier alpha value is -2.60. The van der Waals surface area contributed by atoms with Gasteiger partial charge in [-0.05, 0) is 52.8 Å². The lowest BCUT2D eigenvalue weighted by molar-refractivity contribution is 0.177. The average molecular weight is 390 g/mol. The largest absolute Gasteiger partial charge is 0.508 e. The van der Waals surface area contributed by atoms with Crippen LogP contribution >= 0.6 is 0 Å². The van der Waals surface area contributed by atoms with Crippen LogP contribution in [0.4, 0.5) is 0 Å². The third kappa shape index (κ3) is 5.94. The van der Waals surface area contributed by atoms with E-state index in [0.717, 1.165) is 34.3 Å². The molecule has 1 aliphatic rings. The van der Waals surface area contributed by atoms with Crippen LogP contribution < -0.4 is 0 Å². The molecule has 2 aromatic carbocycles. The maximum Gasteiger partial charge on any atom is 0.458 e. The van der Waals surface area contributed by atoms with Crippen molar-refractivity contribution >= 4 is 18.8 Å². The first kappa shape index (κ1) is 21.1. The molecule has 2 N–H and O–H groups in total. The number of hydrogen-bond acceptors (Lipinski definition) is 4. The van der Waals surface area contributed by atoms with Crippen LogP contribution in [-0.4, -0.2) is 37.1 Å². The van der Waals surface area contributed by atoms with Gasteiger partial charge >= 0.3 is 7.12 Å². The fourth-order valence-corrected chi connectivity index (χ4v) is 3.59. The summed E-state index contributed by atoms with van der Waals surface area (Å²) in [7, 11) is 0.847. The molecule has 0 spiro atoms. The van der Waals surface area contributed by atoms with Gasteiger partial charge in [0.1, 0.15) is 5.75 Å². The van der Waals surface area contributed by atoms with E-state index in [0.29, 0.717) is 19.3 Å². The van der Waals surface area contributed by atoms with Crippen LogP contribution in [0.1, 0.15) is 24.0 Å². The van der Waals surface area contributed by atoms with Gasteiger partial charge in [0, 0.05) is 13.4 Å². The van der Waals surface area contributed by atoms with Crippen molar-refractivity contribution in [1.29, 1.82) is 0 Å². The Morgan fingerprint density at radius 1 is 1.24 bits per heavy atom. The zero-order chi connectivity index (χ0) is 20.6. The van der Waals surface area contributed by atoms with Gasteiger partial charge in [0.15, 0.2) is 0 Å². The Morgan fingerprint density at radius 2 is 2.03 bits per heavy atom. The van der Waals surface area contributed by atoms with Crippen LogP contribution in [0.2, 0.25) is 6.32 Å². The predicted octanol–water partition coefficient (Wildman–Crippen LogP) is 4.72. The molecule has 1 unspecified atom stereocenters. The SMILES string of the molecule is C=C(COC)C1=CCB(O)OC1CC/C(=C/c1cccc(O)c1)c1ccccc1. The Morgan fingerprint density at radius 3 is 2.76 bits per heavy atom. The first-order chi connectivity index (χ1) is 14.1. The summed E-state index contributed by atoms with van der Waals surface area (Å²) in [5.74, 6) is 0.242. The molecular weight excluding hydrogens is 363 g/mol. The quantitative estimate of drug-likeness (QED) is 0.506. The maximum atomic E-state index is 9.99. The summed E-state index contributed by atoms with van der Waals surface area (Å²) in [4.78, 5) is 0. The topological polar surface area (TPSA) is 58.9 Å². The van der Waals surface area contributed by atoms with Crippen molar-refractivity contribution in [2.24, 2.45) is 0 Å². The highest BCUT2D eigenvalue weighted by Crippen LogP contribution is 2.31. The molecule has 150 valence electrons. The smallest absolute Gasteiger partial charge is 0.458 e. The standard InChI is InChI=1S/C24H27BO4/c1-18(17-28-2)23-13-14-25(27)29-24(23)12-11-21(20-8-4-3-5-9-20)15-19-7-6-10-22(26)16-19/h3-10,13,15-16,24,26-27H,1,11-12,14,17H2,2H3/b21-15-. The minimum absolute atomic E-state index is 0.238. The van der Waals surface area contributed by atoms with E-state index in [9.17, 15) is 10.1 Å². The number of aromatic hydroxyl groups is 1. The molecule has 4 nitrogen and oxygen atoms in total. The molecule has 0 amide bonds. The fraction of sp³-hybridized carbons (Fsp3) is 0.250. The average Bonchev–Trinajstić information content (AvgIpc) is 2.72. The second-order valence-corrected chi connectivity index (χ2v) is 7.18. The Labute approximate surface area is 173 Å². The Bertz CT molecular complexity index is 889. The number of ether oxygens (including phenoxy) is 1. The molecule has 0 saturated carbocycles. The molecule has 0 aliphatic carbocycles. The van der Waals surface area contributed by atoms with Gasteiger partial charge in [-0.2, -0.15) is 0 Å². The molecular formula is C24H27BO4. The number of phenolic OH excluding ortho intramolecular Hbond substituents is 1. The first-order valence-corrected chi connectivity index (χ1v) is 9.82. The van der Waals surface area contributed by atoms with Gasteiger partial charge < -0.3 is 19.5 Å². The molecule has 0 bridgehead atoms. The monoisotopic (exact) mass is 390 g/mol. The van der Waals surface area contributed by atoms with E-state index in [4.69, 9.17) is 9.39 Å². The Balaban J connectivity index is 1.83. The van der Waals surface area contributed by atoms with E-state index in [1.807, 2.05) is 36.4 Å². The second-order valence-electron chi connectivity index (χ2n) is 7.18. The molecule has 1 aliphatic heterocycles. The van der Waals surface area contributed by atoms with Crippen molar-refractivity contribution < 1.29 is 19.5 Å². The first-order valence-electron chi connectivity index (χ1n) is 9.82. The van der Waals surface area contributed by atoms with Crippen LogP contribution in [0, 0.1) is 0 Å². The summed E-state index contributed by atoms with van der Waals surface area (Å²) in [6.45, 7) is 4.55. The van der Waals surface area contributed by atoms with E-state index in [-0.39, 0.29) is 11.9 Å². The summed E-state index contributed by atoms with van der Waals surface area (Å²) in [6.07, 6.45) is 5.75. The van der Waals surface area contributed by atoms with Gasteiger partial charge in [-0.15, -0.1) is 0 Å². The molecule has 0 fully saturated rings. The number of hydrogen-bond donors (Lipinski definition) is 2. The number of allylic oxidation sites excluding steroid dienone is 2. The molecule has 5 heteroatoms. The molecule has 3 rings (SSSR count). The zero-order valence-corrected chi connectivity index (χ0v) is 16.8. The predicted molar refractivity (Wildman–Crippen MR) is 118 cm³/mol. The van der Waals surface area contributed by atoms with Crippen molar-refractivity contribution in [3.8, 4) is 5.75 Å². The third-order valence-corrected chi connectivity index (χ3v) is 4.97. The van der Waals surface area contributed by atoms with Gasteiger partial charge in [-0.3, -0.25) is 0 Å². The summed E-state index contributed by atoms with van der Waals surface area (Å²) >= 11 is 0. The van der Waals surface area contributed by atoms with Gasteiger partial charge in [-0.1, -0.05) is 61.2 Å². The summed E-state index contributed by atoms with van der Waals surface area (Å²) in [5, 5.41) is 19.8. The van der Waals surface area contributed by atoms with Crippen molar-refractivity contribution in [2.45, 2.75) is 25.3 Å². The fourth-order valence-electron chi connectivity index (χ4n) is 3.59. The van der Waals surface area contributed by atoms with Crippen LogP contribution in [0.15, 0.2) is 78.4 Å². The Kier molecular flexibility index (Phi) is 7.47. The van der Waals surface area contributed by atoms with E-state index in [1.165, 1.54) is 0 Å². The number of rotatable bonds is 8. The highest BCUT2D eigenvalue weighted by atomic mass is 16.5.